The number of benzene rings is 1. The SMILES string of the molecule is Nc1c([N+](=O)[O-])nnc2ccccc12. The lowest BCUT2D eigenvalue weighted by Crippen LogP contribution is -2.01. The van der Waals surface area contributed by atoms with Crippen molar-refractivity contribution >= 4 is 22.4 Å². The molecule has 0 aliphatic rings. The monoisotopic (exact) mass is 190 g/mol. The Morgan fingerprint density at radius 2 is 2.00 bits per heavy atom. The summed E-state index contributed by atoms with van der Waals surface area (Å²) in [6.45, 7) is 0. The molecule has 0 fully saturated rings. The first-order chi connectivity index (χ1) is 6.70. The first-order valence-corrected chi connectivity index (χ1v) is 3.85. The standard InChI is InChI=1S/C8H6N4O2/c9-7-5-3-1-2-4-6(5)10-11-8(7)12(13)14/h1-4H,(H2,9,10). The number of rotatable bonds is 1. The van der Waals surface area contributed by atoms with E-state index in [0.717, 1.165) is 0 Å². The van der Waals surface area contributed by atoms with Gasteiger partial charge in [-0.05, 0) is 16.1 Å². The predicted molar refractivity (Wildman–Crippen MR) is 50.6 cm³/mol. The van der Waals surface area contributed by atoms with Gasteiger partial charge in [0.25, 0.3) is 0 Å². The van der Waals surface area contributed by atoms with Crippen LogP contribution in [0.2, 0.25) is 0 Å². The van der Waals surface area contributed by atoms with Crippen LogP contribution in [-0.4, -0.2) is 15.1 Å². The zero-order valence-electron chi connectivity index (χ0n) is 7.04. The molecule has 2 rings (SSSR count). The van der Waals surface area contributed by atoms with Gasteiger partial charge in [0.15, 0.2) is 0 Å². The Morgan fingerprint density at radius 1 is 1.29 bits per heavy atom. The van der Waals surface area contributed by atoms with E-state index >= 15 is 0 Å². The van der Waals surface area contributed by atoms with Crippen molar-refractivity contribution in [2.45, 2.75) is 0 Å². The summed E-state index contributed by atoms with van der Waals surface area (Å²) in [4.78, 5) is 9.84. The van der Waals surface area contributed by atoms with Crippen LogP contribution in [0.25, 0.3) is 10.9 Å². The van der Waals surface area contributed by atoms with Crippen LogP contribution in [-0.2, 0) is 0 Å². The van der Waals surface area contributed by atoms with E-state index in [4.69, 9.17) is 5.73 Å². The van der Waals surface area contributed by atoms with Gasteiger partial charge in [0.05, 0.1) is 5.10 Å². The molecule has 1 aromatic carbocycles. The van der Waals surface area contributed by atoms with Crippen LogP contribution in [0.4, 0.5) is 11.5 Å². The van der Waals surface area contributed by atoms with Gasteiger partial charge in [-0.2, -0.15) is 0 Å². The largest absolute Gasteiger partial charge is 0.414 e. The summed E-state index contributed by atoms with van der Waals surface area (Å²) >= 11 is 0. The van der Waals surface area contributed by atoms with Crippen molar-refractivity contribution < 1.29 is 4.92 Å². The molecule has 0 aliphatic heterocycles. The number of anilines is 1. The molecule has 0 saturated carbocycles. The molecule has 0 aliphatic carbocycles. The maximum atomic E-state index is 10.5. The number of hydrogen-bond donors (Lipinski definition) is 1. The second kappa shape index (κ2) is 2.91. The van der Waals surface area contributed by atoms with Crippen LogP contribution in [0.1, 0.15) is 0 Å². The maximum absolute atomic E-state index is 10.5. The topological polar surface area (TPSA) is 94.9 Å². The minimum atomic E-state index is -0.644. The average Bonchev–Trinajstić information content (AvgIpc) is 2.18. The molecule has 0 spiro atoms. The molecule has 0 radical (unpaired) electrons. The number of nitrogen functional groups attached to an aromatic ring is 1. The zero-order chi connectivity index (χ0) is 10.1. The molecule has 6 nitrogen and oxygen atoms in total. The van der Waals surface area contributed by atoms with Gasteiger partial charge >= 0.3 is 5.82 Å². The Bertz CT molecular complexity index is 512. The highest BCUT2D eigenvalue weighted by Crippen LogP contribution is 2.25. The van der Waals surface area contributed by atoms with Crippen molar-refractivity contribution in [1.82, 2.24) is 10.2 Å². The summed E-state index contributed by atoms with van der Waals surface area (Å²) in [5, 5.41) is 18.2. The molecule has 0 unspecified atom stereocenters. The van der Waals surface area contributed by atoms with E-state index in [9.17, 15) is 10.1 Å². The maximum Gasteiger partial charge on any atom is 0.414 e. The van der Waals surface area contributed by atoms with Gasteiger partial charge in [-0.15, -0.1) is 0 Å². The Morgan fingerprint density at radius 3 is 2.71 bits per heavy atom. The van der Waals surface area contributed by atoms with E-state index in [2.05, 4.69) is 10.2 Å². The van der Waals surface area contributed by atoms with Crippen LogP contribution < -0.4 is 5.73 Å². The third-order valence-electron chi connectivity index (χ3n) is 1.86. The number of aromatic nitrogens is 2. The van der Waals surface area contributed by atoms with Gasteiger partial charge in [0.1, 0.15) is 11.2 Å². The normalized spacial score (nSPS) is 10.3. The van der Waals surface area contributed by atoms with Crippen molar-refractivity contribution in [3.05, 3.63) is 34.4 Å². The summed E-state index contributed by atoms with van der Waals surface area (Å²) in [6.07, 6.45) is 0. The summed E-state index contributed by atoms with van der Waals surface area (Å²) < 4.78 is 0. The minimum absolute atomic E-state index is 0.0561. The summed E-state index contributed by atoms with van der Waals surface area (Å²) in [7, 11) is 0. The first-order valence-electron chi connectivity index (χ1n) is 3.85. The third kappa shape index (κ3) is 1.13. The van der Waals surface area contributed by atoms with E-state index in [-0.39, 0.29) is 5.69 Å². The van der Waals surface area contributed by atoms with E-state index in [1.807, 2.05) is 0 Å². The summed E-state index contributed by atoms with van der Waals surface area (Å²) in [5.74, 6) is -0.399. The lowest BCUT2D eigenvalue weighted by atomic mass is 10.2. The first kappa shape index (κ1) is 8.36. The van der Waals surface area contributed by atoms with Gasteiger partial charge in [-0.25, -0.2) is 0 Å². The Labute approximate surface area is 78.5 Å². The lowest BCUT2D eigenvalue weighted by Gasteiger charge is -1.98. The number of nitrogens with zero attached hydrogens (tertiary/aromatic N) is 3. The van der Waals surface area contributed by atoms with Crippen LogP contribution in [0.3, 0.4) is 0 Å². The smallest absolute Gasteiger partial charge is 0.391 e. The minimum Gasteiger partial charge on any atom is -0.391 e. The summed E-state index contributed by atoms with van der Waals surface area (Å²) in [6, 6.07) is 6.88. The number of hydrogen-bond acceptors (Lipinski definition) is 5. The molecule has 14 heavy (non-hydrogen) atoms. The van der Waals surface area contributed by atoms with Crippen molar-refractivity contribution in [3.63, 3.8) is 0 Å². The quantitative estimate of drug-likeness (QED) is 0.537. The number of fused-ring (bicyclic) bond motifs is 1. The number of nitrogens with two attached hydrogens (primary N) is 1. The van der Waals surface area contributed by atoms with Gasteiger partial charge in [-0.3, -0.25) is 0 Å². The molecule has 0 bridgehead atoms. The summed E-state index contributed by atoms with van der Waals surface area (Å²) in [5.41, 5.74) is 6.18. The average molecular weight is 190 g/mol. The van der Waals surface area contributed by atoms with Gasteiger partial charge < -0.3 is 15.8 Å². The fourth-order valence-electron chi connectivity index (χ4n) is 1.20. The van der Waals surface area contributed by atoms with Gasteiger partial charge in [0.2, 0.25) is 0 Å². The van der Waals surface area contributed by atoms with Gasteiger partial charge in [0, 0.05) is 5.39 Å². The highest BCUT2D eigenvalue weighted by Gasteiger charge is 2.16. The van der Waals surface area contributed by atoms with Crippen LogP contribution >= 0.6 is 0 Å². The lowest BCUT2D eigenvalue weighted by molar-refractivity contribution is -0.389. The molecule has 0 amide bonds. The molecule has 1 aromatic heterocycles. The molecule has 6 heteroatoms. The van der Waals surface area contributed by atoms with Crippen molar-refractivity contribution in [3.8, 4) is 0 Å². The van der Waals surface area contributed by atoms with Crippen molar-refractivity contribution in [2.75, 3.05) is 5.73 Å². The molecular weight excluding hydrogens is 184 g/mol. The molecule has 1 heterocycles. The second-order valence-electron chi connectivity index (χ2n) is 2.71. The highest BCUT2D eigenvalue weighted by atomic mass is 16.6. The fourth-order valence-corrected chi connectivity index (χ4v) is 1.20. The van der Waals surface area contributed by atoms with Crippen LogP contribution in [0.15, 0.2) is 24.3 Å². The fraction of sp³-hybridized carbons (Fsp3) is 0. The third-order valence-corrected chi connectivity index (χ3v) is 1.86. The van der Waals surface area contributed by atoms with E-state index < -0.39 is 10.7 Å². The van der Waals surface area contributed by atoms with Crippen molar-refractivity contribution in [2.24, 2.45) is 0 Å². The Balaban J connectivity index is 2.81. The van der Waals surface area contributed by atoms with E-state index in [0.29, 0.717) is 10.9 Å². The molecular formula is C8H6N4O2. The Kier molecular flexibility index (Phi) is 1.74. The number of nitro groups is 1. The highest BCUT2D eigenvalue weighted by molar-refractivity contribution is 5.92. The predicted octanol–water partition coefficient (Wildman–Crippen LogP) is 1.12. The zero-order valence-corrected chi connectivity index (χ0v) is 7.04. The van der Waals surface area contributed by atoms with Crippen molar-refractivity contribution in [1.29, 1.82) is 0 Å². The Hall–Kier alpha value is -2.24. The molecule has 0 atom stereocenters. The van der Waals surface area contributed by atoms with E-state index in [1.165, 1.54) is 0 Å². The molecule has 0 saturated heterocycles. The molecule has 70 valence electrons. The van der Waals surface area contributed by atoms with Crippen LogP contribution in [0.5, 0.6) is 0 Å². The molecule has 2 aromatic rings. The van der Waals surface area contributed by atoms with E-state index in [1.54, 1.807) is 24.3 Å². The molecule has 2 N–H and O–H groups in total. The second-order valence-corrected chi connectivity index (χ2v) is 2.71. The van der Waals surface area contributed by atoms with Gasteiger partial charge in [-0.1, -0.05) is 18.2 Å². The van der Waals surface area contributed by atoms with Crippen LogP contribution in [0, 0.1) is 10.1 Å².